The van der Waals surface area contributed by atoms with Crippen LogP contribution in [0.15, 0.2) is 30.3 Å². The van der Waals surface area contributed by atoms with Gasteiger partial charge in [0, 0.05) is 6.54 Å². The van der Waals surface area contributed by atoms with Gasteiger partial charge < -0.3 is 4.74 Å². The second-order valence-corrected chi connectivity index (χ2v) is 4.33. The van der Waals surface area contributed by atoms with Gasteiger partial charge in [0.05, 0.1) is 6.54 Å². The molecule has 0 spiro atoms. The number of aryl methyl sites for hydroxylation is 1. The van der Waals surface area contributed by atoms with Gasteiger partial charge in [0.2, 0.25) is 0 Å². The first-order valence-corrected chi connectivity index (χ1v) is 5.66. The molecular weight excluding hydrogens is 202 g/mol. The largest absolute Gasteiger partial charge is 0.460 e. The van der Waals surface area contributed by atoms with Crippen molar-refractivity contribution in [3.8, 4) is 0 Å². The molecule has 0 bridgehead atoms. The highest BCUT2D eigenvalue weighted by Crippen LogP contribution is 2.12. The highest BCUT2D eigenvalue weighted by atomic mass is 16.5. The number of carbonyl (C=O) groups is 1. The lowest BCUT2D eigenvalue weighted by molar-refractivity contribution is -0.157. The van der Waals surface area contributed by atoms with Crippen molar-refractivity contribution in [1.29, 1.82) is 0 Å². The van der Waals surface area contributed by atoms with Crippen molar-refractivity contribution in [2.45, 2.75) is 18.9 Å². The molecule has 0 aliphatic carbocycles. The highest BCUT2D eigenvalue weighted by molar-refractivity contribution is 5.72. The molecule has 1 atom stereocenters. The van der Waals surface area contributed by atoms with Crippen LogP contribution in [0.5, 0.6) is 0 Å². The summed E-state index contributed by atoms with van der Waals surface area (Å²) in [6, 6.07) is 10.3. The van der Waals surface area contributed by atoms with E-state index >= 15 is 0 Å². The summed E-state index contributed by atoms with van der Waals surface area (Å²) < 4.78 is 5.30. The first kappa shape index (κ1) is 11.1. The van der Waals surface area contributed by atoms with E-state index < -0.39 is 0 Å². The summed E-state index contributed by atoms with van der Waals surface area (Å²) >= 11 is 0. The molecule has 1 saturated heterocycles. The van der Waals surface area contributed by atoms with Crippen LogP contribution in [0.25, 0.3) is 0 Å². The minimum absolute atomic E-state index is 0.0476. The van der Waals surface area contributed by atoms with Gasteiger partial charge in [-0.25, -0.2) is 0 Å². The maximum absolute atomic E-state index is 11.2. The molecule has 2 rings (SSSR count). The molecule has 0 saturated carbocycles. The molecule has 1 aliphatic heterocycles. The lowest BCUT2D eigenvalue weighted by Gasteiger charge is -2.29. The lowest BCUT2D eigenvalue weighted by Crippen LogP contribution is -2.43. The third-order valence-electron chi connectivity index (χ3n) is 2.81. The quantitative estimate of drug-likeness (QED) is 0.721. The number of carbonyl (C=O) groups excluding carboxylic acids is 1. The number of likely N-dealkylation sites (N-methyl/N-ethyl adjacent to an activating group) is 1. The predicted molar refractivity (Wildman–Crippen MR) is 62.1 cm³/mol. The number of ether oxygens (including phenoxy) is 1. The fraction of sp³-hybridized carbons (Fsp3) is 0.462. The van der Waals surface area contributed by atoms with Gasteiger partial charge in [-0.2, -0.15) is 0 Å². The standard InChI is InChI=1S/C13H17NO2/c1-14-9-12(16-13(15)10-14)8-7-11-5-3-2-4-6-11/h2-6,12H,7-10H2,1H3/t12-/m0/s1. The van der Waals surface area contributed by atoms with Crippen LogP contribution >= 0.6 is 0 Å². The van der Waals surface area contributed by atoms with Gasteiger partial charge in [-0.15, -0.1) is 0 Å². The number of rotatable bonds is 3. The van der Waals surface area contributed by atoms with Crippen LogP contribution in [0.4, 0.5) is 0 Å². The van der Waals surface area contributed by atoms with E-state index in [1.54, 1.807) is 0 Å². The Morgan fingerprint density at radius 2 is 2.12 bits per heavy atom. The monoisotopic (exact) mass is 219 g/mol. The topological polar surface area (TPSA) is 29.5 Å². The molecule has 0 radical (unpaired) electrons. The van der Waals surface area contributed by atoms with Crippen molar-refractivity contribution in [3.05, 3.63) is 35.9 Å². The first-order chi connectivity index (χ1) is 7.74. The van der Waals surface area contributed by atoms with Crippen LogP contribution in [-0.2, 0) is 16.0 Å². The average molecular weight is 219 g/mol. The van der Waals surface area contributed by atoms with Crippen LogP contribution in [0.1, 0.15) is 12.0 Å². The van der Waals surface area contributed by atoms with Crippen molar-refractivity contribution in [1.82, 2.24) is 4.90 Å². The van der Waals surface area contributed by atoms with Crippen molar-refractivity contribution in [2.75, 3.05) is 20.1 Å². The third kappa shape index (κ3) is 3.07. The number of benzene rings is 1. The Kier molecular flexibility index (Phi) is 3.57. The fourth-order valence-electron chi connectivity index (χ4n) is 2.02. The number of nitrogens with zero attached hydrogens (tertiary/aromatic N) is 1. The van der Waals surface area contributed by atoms with Crippen molar-refractivity contribution >= 4 is 5.97 Å². The number of esters is 1. The van der Waals surface area contributed by atoms with Crippen LogP contribution in [-0.4, -0.2) is 37.1 Å². The molecule has 1 aromatic carbocycles. The van der Waals surface area contributed by atoms with Crippen LogP contribution in [0.2, 0.25) is 0 Å². The van der Waals surface area contributed by atoms with Crippen LogP contribution in [0.3, 0.4) is 0 Å². The van der Waals surface area contributed by atoms with Gasteiger partial charge in [-0.1, -0.05) is 30.3 Å². The molecule has 1 aromatic rings. The van der Waals surface area contributed by atoms with Gasteiger partial charge in [0.15, 0.2) is 0 Å². The third-order valence-corrected chi connectivity index (χ3v) is 2.81. The molecule has 16 heavy (non-hydrogen) atoms. The molecule has 1 fully saturated rings. The van der Waals surface area contributed by atoms with E-state index in [1.807, 2.05) is 30.1 Å². The lowest BCUT2D eigenvalue weighted by atomic mass is 10.1. The van der Waals surface area contributed by atoms with E-state index in [2.05, 4.69) is 12.1 Å². The molecule has 3 nitrogen and oxygen atoms in total. The minimum atomic E-state index is -0.105. The van der Waals surface area contributed by atoms with Crippen molar-refractivity contribution < 1.29 is 9.53 Å². The van der Waals surface area contributed by atoms with Gasteiger partial charge in [-0.3, -0.25) is 9.69 Å². The second kappa shape index (κ2) is 5.12. The normalized spacial score (nSPS) is 21.8. The zero-order chi connectivity index (χ0) is 11.4. The van der Waals surface area contributed by atoms with E-state index in [0.717, 1.165) is 19.4 Å². The predicted octanol–water partition coefficient (Wildman–Crippen LogP) is 1.48. The Labute approximate surface area is 96.0 Å². The number of hydrogen-bond acceptors (Lipinski definition) is 3. The Morgan fingerprint density at radius 3 is 2.81 bits per heavy atom. The summed E-state index contributed by atoms with van der Waals surface area (Å²) in [6.07, 6.45) is 1.92. The van der Waals surface area contributed by atoms with Crippen molar-refractivity contribution in [2.24, 2.45) is 0 Å². The molecule has 3 heteroatoms. The summed E-state index contributed by atoms with van der Waals surface area (Å²) in [5.74, 6) is -0.105. The Morgan fingerprint density at radius 1 is 1.38 bits per heavy atom. The van der Waals surface area contributed by atoms with Gasteiger partial charge in [0.25, 0.3) is 0 Å². The molecule has 0 unspecified atom stereocenters. The summed E-state index contributed by atoms with van der Waals surface area (Å²) in [7, 11) is 1.95. The molecule has 86 valence electrons. The zero-order valence-corrected chi connectivity index (χ0v) is 9.56. The first-order valence-electron chi connectivity index (χ1n) is 5.66. The molecule has 0 aromatic heterocycles. The molecular formula is C13H17NO2. The average Bonchev–Trinajstić information content (AvgIpc) is 2.27. The maximum atomic E-state index is 11.2. The fourth-order valence-corrected chi connectivity index (χ4v) is 2.02. The van der Waals surface area contributed by atoms with Gasteiger partial charge in [-0.05, 0) is 25.5 Å². The maximum Gasteiger partial charge on any atom is 0.320 e. The number of cyclic esters (lactones) is 1. The molecule has 1 aliphatic rings. The molecule has 0 amide bonds. The van der Waals surface area contributed by atoms with E-state index in [4.69, 9.17) is 4.74 Å². The smallest absolute Gasteiger partial charge is 0.320 e. The molecule has 1 heterocycles. The van der Waals surface area contributed by atoms with Gasteiger partial charge >= 0.3 is 5.97 Å². The minimum Gasteiger partial charge on any atom is -0.460 e. The summed E-state index contributed by atoms with van der Waals surface area (Å²) in [4.78, 5) is 13.2. The number of hydrogen-bond donors (Lipinski definition) is 0. The van der Waals surface area contributed by atoms with Gasteiger partial charge in [0.1, 0.15) is 6.10 Å². The summed E-state index contributed by atoms with van der Waals surface area (Å²) in [5.41, 5.74) is 1.30. The van der Waals surface area contributed by atoms with E-state index in [0.29, 0.717) is 6.54 Å². The summed E-state index contributed by atoms with van der Waals surface area (Å²) in [5, 5.41) is 0. The Balaban J connectivity index is 1.84. The zero-order valence-electron chi connectivity index (χ0n) is 9.56. The number of morpholine rings is 1. The SMILES string of the molecule is CN1CC(=O)O[C@@H](CCc2ccccc2)C1. The highest BCUT2D eigenvalue weighted by Gasteiger charge is 2.23. The Bertz CT molecular complexity index is 350. The summed E-state index contributed by atoms with van der Waals surface area (Å²) in [6.45, 7) is 1.26. The van der Waals surface area contributed by atoms with Crippen LogP contribution in [0, 0.1) is 0 Å². The van der Waals surface area contributed by atoms with Crippen molar-refractivity contribution in [3.63, 3.8) is 0 Å². The Hall–Kier alpha value is -1.35. The van der Waals surface area contributed by atoms with E-state index in [-0.39, 0.29) is 12.1 Å². The second-order valence-electron chi connectivity index (χ2n) is 4.33. The van der Waals surface area contributed by atoms with E-state index in [1.165, 1.54) is 5.56 Å². The van der Waals surface area contributed by atoms with Crippen LogP contribution < -0.4 is 0 Å². The van der Waals surface area contributed by atoms with E-state index in [9.17, 15) is 4.79 Å². The molecule has 0 N–H and O–H groups in total.